The van der Waals surface area contributed by atoms with Crippen molar-refractivity contribution in [1.29, 1.82) is 0 Å². The number of sulfonamides is 1. The number of thiophene rings is 1. The molecule has 6 nitrogen and oxygen atoms in total. The molecule has 34 heavy (non-hydrogen) atoms. The van der Waals surface area contributed by atoms with Crippen LogP contribution in [0.1, 0.15) is 15.2 Å². The smallest absolute Gasteiger partial charge is 0.264 e. The van der Waals surface area contributed by atoms with Gasteiger partial charge >= 0.3 is 0 Å². The van der Waals surface area contributed by atoms with Crippen molar-refractivity contribution in [3.05, 3.63) is 76.9 Å². The Balaban J connectivity index is 1.36. The van der Waals surface area contributed by atoms with Crippen LogP contribution in [-0.4, -0.2) is 56.8 Å². The van der Waals surface area contributed by atoms with E-state index in [1.807, 2.05) is 24.3 Å². The van der Waals surface area contributed by atoms with Gasteiger partial charge in [-0.05, 0) is 35.0 Å². The number of carbonyl (C=O) groups excluding carboxylic acids is 1. The summed E-state index contributed by atoms with van der Waals surface area (Å²) in [7, 11) is -2.17. The van der Waals surface area contributed by atoms with Crippen LogP contribution in [0.2, 0.25) is 0 Å². The molecule has 1 fully saturated rings. The van der Waals surface area contributed by atoms with Crippen LogP contribution >= 0.6 is 11.3 Å². The van der Waals surface area contributed by atoms with Crippen molar-refractivity contribution in [3.8, 4) is 0 Å². The average molecular weight is 499 g/mol. The first-order valence-corrected chi connectivity index (χ1v) is 13.1. The van der Waals surface area contributed by atoms with Crippen molar-refractivity contribution < 1.29 is 22.3 Å². The van der Waals surface area contributed by atoms with Crippen LogP contribution in [-0.2, 0) is 21.4 Å². The van der Waals surface area contributed by atoms with Crippen LogP contribution in [0, 0.1) is 5.82 Å². The van der Waals surface area contributed by atoms with Gasteiger partial charge in [0.15, 0.2) is 0 Å². The molecule has 1 aromatic heterocycles. The Morgan fingerprint density at radius 1 is 1.00 bits per heavy atom. The average Bonchev–Trinajstić information content (AvgIpc) is 3.23. The molecular formula is C25H23FN2O4S2. The number of halogens is 1. The van der Waals surface area contributed by atoms with E-state index in [0.717, 1.165) is 10.8 Å². The van der Waals surface area contributed by atoms with Crippen molar-refractivity contribution in [2.75, 3.05) is 33.3 Å². The summed E-state index contributed by atoms with van der Waals surface area (Å²) < 4.78 is 48.3. The molecule has 4 aromatic rings. The molecule has 1 saturated heterocycles. The SMILES string of the molecule is COCc1c(C(=O)N2CCN(S(=O)(=O)c3ccc4ccccc4c3)CC2)sc2cccc(F)c12. The minimum absolute atomic E-state index is 0.123. The second-order valence-electron chi connectivity index (χ2n) is 8.16. The highest BCUT2D eigenvalue weighted by atomic mass is 32.2. The van der Waals surface area contributed by atoms with E-state index in [4.69, 9.17) is 4.74 Å². The fourth-order valence-corrected chi connectivity index (χ4v) is 7.02. The maximum atomic E-state index is 14.5. The Bertz CT molecular complexity index is 1490. The quantitative estimate of drug-likeness (QED) is 0.407. The Hall–Kier alpha value is -2.85. The van der Waals surface area contributed by atoms with Gasteiger partial charge in [0.05, 0.1) is 16.4 Å². The lowest BCUT2D eigenvalue weighted by Gasteiger charge is -2.34. The van der Waals surface area contributed by atoms with Crippen molar-refractivity contribution in [2.24, 2.45) is 0 Å². The van der Waals surface area contributed by atoms with Gasteiger partial charge in [0.25, 0.3) is 5.91 Å². The second kappa shape index (κ2) is 9.07. The predicted octanol–water partition coefficient (Wildman–Crippen LogP) is 4.49. The van der Waals surface area contributed by atoms with E-state index < -0.39 is 10.0 Å². The number of methoxy groups -OCH3 is 1. The largest absolute Gasteiger partial charge is 0.380 e. The van der Waals surface area contributed by atoms with Gasteiger partial charge in [-0.1, -0.05) is 36.4 Å². The third-order valence-electron chi connectivity index (χ3n) is 6.13. The zero-order chi connectivity index (χ0) is 23.9. The molecule has 0 atom stereocenters. The van der Waals surface area contributed by atoms with Crippen molar-refractivity contribution in [1.82, 2.24) is 9.21 Å². The lowest BCUT2D eigenvalue weighted by molar-refractivity contribution is 0.0699. The molecule has 0 unspecified atom stereocenters. The van der Waals surface area contributed by atoms with Gasteiger partial charge in [0, 0.05) is 48.9 Å². The Morgan fingerprint density at radius 2 is 1.74 bits per heavy atom. The van der Waals surface area contributed by atoms with Gasteiger partial charge in [0.1, 0.15) is 5.82 Å². The van der Waals surface area contributed by atoms with Gasteiger partial charge < -0.3 is 9.64 Å². The number of amides is 1. The number of benzene rings is 3. The molecule has 0 spiro atoms. The van der Waals surface area contributed by atoms with Crippen LogP contribution < -0.4 is 0 Å². The van der Waals surface area contributed by atoms with Crippen LogP contribution in [0.5, 0.6) is 0 Å². The van der Waals surface area contributed by atoms with E-state index in [0.29, 0.717) is 20.5 Å². The summed E-state index contributed by atoms with van der Waals surface area (Å²) in [6.45, 7) is 1.03. The summed E-state index contributed by atoms with van der Waals surface area (Å²) in [4.78, 5) is 15.7. The van der Waals surface area contributed by atoms with E-state index in [9.17, 15) is 17.6 Å². The first kappa shape index (κ1) is 22.9. The van der Waals surface area contributed by atoms with Gasteiger partial charge in [0.2, 0.25) is 10.0 Å². The summed E-state index contributed by atoms with van der Waals surface area (Å²) in [6, 6.07) is 17.5. The molecule has 5 rings (SSSR count). The van der Waals surface area contributed by atoms with Crippen LogP contribution in [0.25, 0.3) is 20.9 Å². The number of ether oxygens (including phenoxy) is 1. The minimum Gasteiger partial charge on any atom is -0.380 e. The van der Waals surface area contributed by atoms with Crippen molar-refractivity contribution in [2.45, 2.75) is 11.5 Å². The molecule has 0 bridgehead atoms. The van der Waals surface area contributed by atoms with Gasteiger partial charge in [-0.2, -0.15) is 4.31 Å². The highest BCUT2D eigenvalue weighted by molar-refractivity contribution is 7.89. The van der Waals surface area contributed by atoms with Gasteiger partial charge in [-0.25, -0.2) is 12.8 Å². The predicted molar refractivity (Wildman–Crippen MR) is 131 cm³/mol. The monoisotopic (exact) mass is 498 g/mol. The normalized spacial score (nSPS) is 15.3. The molecule has 9 heteroatoms. The molecule has 0 saturated carbocycles. The number of fused-ring (bicyclic) bond motifs is 2. The summed E-state index contributed by atoms with van der Waals surface area (Å²) in [6.07, 6.45) is 0. The number of hydrogen-bond acceptors (Lipinski definition) is 5. The number of rotatable bonds is 5. The molecule has 1 aliphatic rings. The molecule has 3 aromatic carbocycles. The topological polar surface area (TPSA) is 66.9 Å². The molecule has 0 radical (unpaired) electrons. The maximum Gasteiger partial charge on any atom is 0.264 e. The van der Waals surface area contributed by atoms with Gasteiger partial charge in [-0.15, -0.1) is 11.3 Å². The Labute approximate surface area is 201 Å². The Morgan fingerprint density at radius 3 is 2.47 bits per heavy atom. The van der Waals surface area contributed by atoms with E-state index >= 15 is 0 Å². The lowest BCUT2D eigenvalue weighted by atomic mass is 10.1. The van der Waals surface area contributed by atoms with Crippen LogP contribution in [0.4, 0.5) is 4.39 Å². The molecule has 1 aliphatic heterocycles. The van der Waals surface area contributed by atoms with Crippen LogP contribution in [0.3, 0.4) is 0 Å². The van der Waals surface area contributed by atoms with E-state index in [-0.39, 0.29) is 49.4 Å². The standard InChI is InChI=1S/C25H23FN2O4S2/c1-32-16-20-23-21(26)7-4-8-22(23)33-24(20)25(29)27-11-13-28(14-12-27)34(30,31)19-10-9-17-5-2-3-6-18(17)15-19/h2-10,15H,11-14,16H2,1H3. The highest BCUT2D eigenvalue weighted by Crippen LogP contribution is 2.35. The minimum atomic E-state index is -3.68. The fraction of sp³-hybridized carbons (Fsp3) is 0.240. The fourth-order valence-electron chi connectivity index (χ4n) is 4.37. The molecule has 2 heterocycles. The summed E-state index contributed by atoms with van der Waals surface area (Å²) in [5.41, 5.74) is 0.539. The first-order valence-electron chi connectivity index (χ1n) is 10.9. The molecule has 0 N–H and O–H groups in total. The number of nitrogens with zero attached hydrogens (tertiary/aromatic N) is 2. The highest BCUT2D eigenvalue weighted by Gasteiger charge is 2.32. The van der Waals surface area contributed by atoms with Crippen molar-refractivity contribution in [3.63, 3.8) is 0 Å². The number of piperazine rings is 1. The molecule has 176 valence electrons. The maximum absolute atomic E-state index is 14.5. The van der Waals surface area contributed by atoms with E-state index in [1.165, 1.54) is 28.8 Å². The zero-order valence-corrected chi connectivity index (χ0v) is 20.2. The third kappa shape index (κ3) is 3.98. The Kier molecular flexibility index (Phi) is 6.11. The van der Waals surface area contributed by atoms with E-state index in [2.05, 4.69) is 0 Å². The molecule has 1 amide bonds. The summed E-state index contributed by atoms with van der Waals surface area (Å²) in [5.74, 6) is -0.610. The van der Waals surface area contributed by atoms with E-state index in [1.54, 1.807) is 35.2 Å². The summed E-state index contributed by atoms with van der Waals surface area (Å²) >= 11 is 1.24. The summed E-state index contributed by atoms with van der Waals surface area (Å²) in [5, 5.41) is 2.25. The lowest BCUT2D eigenvalue weighted by Crippen LogP contribution is -2.50. The third-order valence-corrected chi connectivity index (χ3v) is 9.21. The van der Waals surface area contributed by atoms with Crippen molar-refractivity contribution >= 4 is 48.1 Å². The van der Waals surface area contributed by atoms with Crippen LogP contribution in [0.15, 0.2) is 65.6 Å². The first-order chi connectivity index (χ1) is 16.4. The molecule has 0 aliphatic carbocycles. The molecular weight excluding hydrogens is 475 g/mol. The number of carbonyl (C=O) groups is 1. The van der Waals surface area contributed by atoms with Gasteiger partial charge in [-0.3, -0.25) is 4.79 Å². The number of hydrogen-bond donors (Lipinski definition) is 0. The zero-order valence-electron chi connectivity index (χ0n) is 18.5. The second-order valence-corrected chi connectivity index (χ2v) is 11.2.